The highest BCUT2D eigenvalue weighted by atomic mass is 16.5. The summed E-state index contributed by atoms with van der Waals surface area (Å²) in [6, 6.07) is 17.6. The molecule has 0 aliphatic carbocycles. The minimum atomic E-state index is -1.33. The largest absolute Gasteiger partial charge is 0.487 e. The number of carboxylic acids is 2. The van der Waals surface area contributed by atoms with Crippen LogP contribution in [0.2, 0.25) is 0 Å². The predicted molar refractivity (Wildman–Crippen MR) is 88.6 cm³/mol. The molecule has 3 rings (SSSR count). The van der Waals surface area contributed by atoms with Crippen molar-refractivity contribution in [2.45, 2.75) is 6.61 Å². The maximum atomic E-state index is 11.7. The quantitative estimate of drug-likeness (QED) is 0.746. The minimum absolute atomic E-state index is 0.0712. The maximum Gasteiger partial charge on any atom is 0.340 e. The molecular formula is C19H14O5. The van der Waals surface area contributed by atoms with E-state index in [0.717, 1.165) is 5.56 Å². The third kappa shape index (κ3) is 2.92. The second kappa shape index (κ2) is 6.42. The van der Waals surface area contributed by atoms with Crippen LogP contribution in [0.4, 0.5) is 0 Å². The average molecular weight is 322 g/mol. The summed E-state index contributed by atoms with van der Waals surface area (Å²) in [7, 11) is 0. The van der Waals surface area contributed by atoms with E-state index in [1.165, 1.54) is 6.07 Å². The average Bonchev–Trinajstić information content (AvgIpc) is 2.59. The first-order valence-corrected chi connectivity index (χ1v) is 7.27. The van der Waals surface area contributed by atoms with E-state index < -0.39 is 11.9 Å². The number of fused-ring (bicyclic) bond motifs is 1. The van der Waals surface area contributed by atoms with Gasteiger partial charge < -0.3 is 14.9 Å². The first kappa shape index (κ1) is 15.6. The first-order chi connectivity index (χ1) is 11.6. The topological polar surface area (TPSA) is 83.8 Å². The third-order valence-corrected chi connectivity index (χ3v) is 3.67. The van der Waals surface area contributed by atoms with E-state index >= 15 is 0 Å². The number of carboxylic acid groups (broad SMARTS) is 2. The van der Waals surface area contributed by atoms with Gasteiger partial charge in [0.15, 0.2) is 0 Å². The Kier molecular flexibility index (Phi) is 4.16. The van der Waals surface area contributed by atoms with Crippen LogP contribution in [0.3, 0.4) is 0 Å². The fourth-order valence-electron chi connectivity index (χ4n) is 2.57. The SMILES string of the molecule is O=C(O)c1cc2ccccc2c(OCc2ccccc2)c1C(=O)O. The molecule has 0 atom stereocenters. The van der Waals surface area contributed by atoms with Crippen molar-refractivity contribution in [2.24, 2.45) is 0 Å². The summed E-state index contributed by atoms with van der Waals surface area (Å²) < 4.78 is 5.74. The molecule has 5 nitrogen and oxygen atoms in total. The molecule has 2 N–H and O–H groups in total. The zero-order chi connectivity index (χ0) is 17.1. The summed E-state index contributed by atoms with van der Waals surface area (Å²) >= 11 is 0. The molecule has 0 bridgehead atoms. The standard InChI is InChI=1S/C19H14O5/c20-18(21)15-10-13-8-4-5-9-14(13)17(16(15)19(22)23)24-11-12-6-2-1-3-7-12/h1-10H,11H2,(H,20,21)(H,22,23). The summed E-state index contributed by atoms with van der Waals surface area (Å²) in [4.78, 5) is 23.1. The second-order valence-electron chi connectivity index (χ2n) is 5.23. The van der Waals surface area contributed by atoms with Crippen LogP contribution in [0.15, 0.2) is 60.7 Å². The van der Waals surface area contributed by atoms with Gasteiger partial charge >= 0.3 is 11.9 Å². The zero-order valence-electron chi connectivity index (χ0n) is 12.6. The van der Waals surface area contributed by atoms with Gasteiger partial charge in [-0.1, -0.05) is 54.6 Å². The van der Waals surface area contributed by atoms with Crippen LogP contribution in [-0.2, 0) is 6.61 Å². The molecule has 0 aliphatic rings. The fourth-order valence-corrected chi connectivity index (χ4v) is 2.57. The number of ether oxygens (including phenoxy) is 1. The number of aromatic carboxylic acids is 2. The number of rotatable bonds is 5. The van der Waals surface area contributed by atoms with Gasteiger partial charge in [-0.2, -0.15) is 0 Å². The van der Waals surface area contributed by atoms with Gasteiger partial charge in [0.25, 0.3) is 0 Å². The summed E-state index contributed by atoms with van der Waals surface area (Å²) in [6.07, 6.45) is 0. The fraction of sp³-hybridized carbons (Fsp3) is 0.0526. The maximum absolute atomic E-state index is 11.7. The Balaban J connectivity index is 2.17. The smallest absolute Gasteiger partial charge is 0.340 e. The lowest BCUT2D eigenvalue weighted by Crippen LogP contribution is -2.11. The molecule has 3 aromatic carbocycles. The van der Waals surface area contributed by atoms with Crippen molar-refractivity contribution in [1.82, 2.24) is 0 Å². The number of carbonyl (C=O) groups is 2. The molecule has 0 aromatic heterocycles. The molecule has 0 aliphatic heterocycles. The van der Waals surface area contributed by atoms with Crippen molar-refractivity contribution >= 4 is 22.7 Å². The predicted octanol–water partition coefficient (Wildman–Crippen LogP) is 3.82. The number of hydrogen-bond donors (Lipinski definition) is 2. The van der Waals surface area contributed by atoms with Crippen LogP contribution >= 0.6 is 0 Å². The molecule has 0 saturated heterocycles. The summed E-state index contributed by atoms with van der Waals surface area (Å²) in [5, 5.41) is 20.1. The van der Waals surface area contributed by atoms with E-state index in [-0.39, 0.29) is 23.5 Å². The van der Waals surface area contributed by atoms with E-state index in [1.807, 2.05) is 30.3 Å². The molecule has 5 heteroatoms. The van der Waals surface area contributed by atoms with Gasteiger partial charge in [-0.15, -0.1) is 0 Å². The molecule has 0 spiro atoms. The van der Waals surface area contributed by atoms with Crippen molar-refractivity contribution < 1.29 is 24.5 Å². The Morgan fingerprint density at radius 2 is 1.54 bits per heavy atom. The summed E-state index contributed by atoms with van der Waals surface area (Å²) in [5.41, 5.74) is 0.236. The second-order valence-corrected chi connectivity index (χ2v) is 5.23. The highest BCUT2D eigenvalue weighted by Gasteiger charge is 2.24. The van der Waals surface area contributed by atoms with Crippen molar-refractivity contribution in [3.05, 3.63) is 77.4 Å². The van der Waals surface area contributed by atoms with Crippen LogP contribution in [0, 0.1) is 0 Å². The van der Waals surface area contributed by atoms with Crippen LogP contribution in [0.25, 0.3) is 10.8 Å². The van der Waals surface area contributed by atoms with Crippen LogP contribution in [0.1, 0.15) is 26.3 Å². The third-order valence-electron chi connectivity index (χ3n) is 3.67. The molecule has 0 radical (unpaired) electrons. The van der Waals surface area contributed by atoms with Crippen LogP contribution in [-0.4, -0.2) is 22.2 Å². The highest BCUT2D eigenvalue weighted by Crippen LogP contribution is 2.33. The monoisotopic (exact) mass is 322 g/mol. The van der Waals surface area contributed by atoms with E-state index in [4.69, 9.17) is 4.74 Å². The van der Waals surface area contributed by atoms with E-state index in [9.17, 15) is 19.8 Å². The van der Waals surface area contributed by atoms with E-state index in [2.05, 4.69) is 0 Å². The summed E-state index contributed by atoms with van der Waals surface area (Å²) in [6.45, 7) is 0.147. The van der Waals surface area contributed by atoms with Crippen LogP contribution in [0.5, 0.6) is 5.75 Å². The van der Waals surface area contributed by atoms with Gasteiger partial charge in [0.05, 0.1) is 5.56 Å². The summed E-state index contributed by atoms with van der Waals surface area (Å²) in [5.74, 6) is -2.56. The molecule has 24 heavy (non-hydrogen) atoms. The van der Waals surface area contributed by atoms with E-state index in [0.29, 0.717) is 10.8 Å². The molecule has 0 saturated carbocycles. The normalized spacial score (nSPS) is 10.5. The Morgan fingerprint density at radius 1 is 0.875 bits per heavy atom. The van der Waals surface area contributed by atoms with Crippen molar-refractivity contribution in [1.29, 1.82) is 0 Å². The Morgan fingerprint density at radius 3 is 2.21 bits per heavy atom. The Hall–Kier alpha value is -3.34. The van der Waals surface area contributed by atoms with Crippen LogP contribution < -0.4 is 4.74 Å². The number of hydrogen-bond acceptors (Lipinski definition) is 3. The van der Waals surface area contributed by atoms with Gasteiger partial charge in [0.2, 0.25) is 0 Å². The Labute approximate surface area is 137 Å². The first-order valence-electron chi connectivity index (χ1n) is 7.27. The van der Waals surface area contributed by atoms with Gasteiger partial charge in [-0.25, -0.2) is 9.59 Å². The lowest BCUT2D eigenvalue weighted by atomic mass is 9.99. The molecular weight excluding hydrogens is 308 g/mol. The zero-order valence-corrected chi connectivity index (χ0v) is 12.6. The van der Waals surface area contributed by atoms with Crippen molar-refractivity contribution in [2.75, 3.05) is 0 Å². The van der Waals surface area contributed by atoms with Crippen molar-refractivity contribution in [3.8, 4) is 5.75 Å². The molecule has 0 unspecified atom stereocenters. The van der Waals surface area contributed by atoms with E-state index in [1.54, 1.807) is 24.3 Å². The molecule has 0 amide bonds. The van der Waals surface area contributed by atoms with Gasteiger partial charge in [-0.05, 0) is 17.0 Å². The highest BCUT2D eigenvalue weighted by molar-refractivity contribution is 6.10. The lowest BCUT2D eigenvalue weighted by Gasteiger charge is -2.14. The molecule has 0 fully saturated rings. The number of benzene rings is 3. The molecule has 0 heterocycles. The van der Waals surface area contributed by atoms with Gasteiger partial charge in [0.1, 0.15) is 17.9 Å². The molecule has 3 aromatic rings. The Bertz CT molecular complexity index is 916. The van der Waals surface area contributed by atoms with Crippen molar-refractivity contribution in [3.63, 3.8) is 0 Å². The lowest BCUT2D eigenvalue weighted by molar-refractivity contribution is 0.0647. The van der Waals surface area contributed by atoms with Gasteiger partial charge in [-0.3, -0.25) is 0 Å². The molecule has 120 valence electrons. The minimum Gasteiger partial charge on any atom is -0.487 e. The van der Waals surface area contributed by atoms with Gasteiger partial charge in [0, 0.05) is 5.39 Å².